The largest absolute Gasteiger partial charge is 0.492 e. The lowest BCUT2D eigenvalue weighted by Gasteiger charge is -2.14. The van der Waals surface area contributed by atoms with Crippen molar-refractivity contribution >= 4 is 51.1 Å². The molecule has 0 radical (unpaired) electrons. The van der Waals surface area contributed by atoms with E-state index in [9.17, 15) is 23.2 Å². The van der Waals surface area contributed by atoms with Gasteiger partial charge in [-0.15, -0.1) is 0 Å². The number of benzene rings is 2. The van der Waals surface area contributed by atoms with E-state index in [2.05, 4.69) is 15.4 Å². The molecule has 40 heavy (non-hydrogen) atoms. The third kappa shape index (κ3) is 5.11. The predicted octanol–water partition coefficient (Wildman–Crippen LogP) is 5.22. The summed E-state index contributed by atoms with van der Waals surface area (Å²) in [5.74, 6) is -1.92. The van der Waals surface area contributed by atoms with Crippen LogP contribution in [-0.4, -0.2) is 37.1 Å². The Labute approximate surface area is 235 Å². The fraction of sp³-hybridized carbons (Fsp3) is 0.222. The monoisotopic (exact) mass is 585 g/mol. The van der Waals surface area contributed by atoms with Crippen LogP contribution in [0, 0.1) is 18.6 Å². The van der Waals surface area contributed by atoms with Crippen molar-refractivity contribution in [3.05, 3.63) is 79.6 Å². The Morgan fingerprint density at radius 3 is 2.58 bits per heavy atom. The Kier molecular flexibility index (Phi) is 7.47. The number of amides is 2. The number of hydrogen-bond donors (Lipinski definition) is 1. The van der Waals surface area contributed by atoms with Crippen LogP contribution in [0.15, 0.2) is 46.1 Å². The van der Waals surface area contributed by atoms with Gasteiger partial charge in [0.15, 0.2) is 17.2 Å². The van der Waals surface area contributed by atoms with E-state index in [-0.39, 0.29) is 30.1 Å². The topological polar surface area (TPSA) is 108 Å². The van der Waals surface area contributed by atoms with Gasteiger partial charge in [-0.3, -0.25) is 28.9 Å². The summed E-state index contributed by atoms with van der Waals surface area (Å²) in [6.45, 7) is 3.79. The number of aryl methyl sites for hydroxylation is 2. The number of nitrogens with one attached hydrogen (secondary N) is 1. The molecule has 2 amide bonds. The van der Waals surface area contributed by atoms with Crippen LogP contribution < -0.4 is 15.6 Å². The summed E-state index contributed by atoms with van der Waals surface area (Å²) in [4.78, 5) is 41.8. The number of allylic oxidation sites excluding steroid dienone is 1. The third-order valence-electron chi connectivity index (χ3n) is 6.40. The second-order valence-electron chi connectivity index (χ2n) is 9.07. The van der Waals surface area contributed by atoms with E-state index in [4.69, 9.17) is 16.3 Å². The summed E-state index contributed by atoms with van der Waals surface area (Å²) < 4.78 is 36.3. The van der Waals surface area contributed by atoms with E-state index in [0.717, 1.165) is 23.9 Å². The zero-order valence-corrected chi connectivity index (χ0v) is 23.1. The molecule has 2 aromatic heterocycles. The minimum absolute atomic E-state index is 0.168. The van der Waals surface area contributed by atoms with Gasteiger partial charge in [0.05, 0.1) is 22.2 Å². The second-order valence-corrected chi connectivity index (χ2v) is 10.5. The highest BCUT2D eigenvalue weighted by Crippen LogP contribution is 2.34. The summed E-state index contributed by atoms with van der Waals surface area (Å²) in [6.07, 6.45) is 0.362. The number of hydrogen-bond acceptors (Lipinski definition) is 7. The van der Waals surface area contributed by atoms with Crippen LogP contribution in [0.5, 0.6) is 5.75 Å². The van der Waals surface area contributed by atoms with E-state index in [0.29, 0.717) is 50.0 Å². The molecule has 9 nitrogen and oxygen atoms in total. The first-order valence-electron chi connectivity index (χ1n) is 12.1. The van der Waals surface area contributed by atoms with Crippen LogP contribution in [0.25, 0.3) is 28.0 Å². The summed E-state index contributed by atoms with van der Waals surface area (Å²) in [7, 11) is 1.64. The summed E-state index contributed by atoms with van der Waals surface area (Å²) in [5, 5.41) is 6.39. The molecule has 0 bridgehead atoms. The molecule has 1 N–H and O–H groups in total. The summed E-state index contributed by atoms with van der Waals surface area (Å²) >= 11 is 7.26. The molecule has 5 rings (SSSR count). The molecule has 0 atom stereocenters. The molecule has 0 aliphatic carbocycles. The second kappa shape index (κ2) is 10.9. The predicted molar refractivity (Wildman–Crippen MR) is 148 cm³/mol. The molecule has 0 spiro atoms. The molecule has 206 valence electrons. The normalized spacial score (nSPS) is 14.7. The van der Waals surface area contributed by atoms with Gasteiger partial charge >= 0.3 is 0 Å². The highest BCUT2D eigenvalue weighted by Gasteiger charge is 2.27. The molecule has 1 saturated heterocycles. The van der Waals surface area contributed by atoms with Crippen LogP contribution in [0.4, 0.5) is 13.6 Å². The van der Waals surface area contributed by atoms with Crippen molar-refractivity contribution in [1.29, 1.82) is 0 Å². The Morgan fingerprint density at radius 1 is 1.12 bits per heavy atom. The van der Waals surface area contributed by atoms with Gasteiger partial charge in [0.25, 0.3) is 16.7 Å². The summed E-state index contributed by atoms with van der Waals surface area (Å²) in [6, 6.07) is 8.39. The van der Waals surface area contributed by atoms with E-state index < -0.39 is 22.8 Å². The molecule has 1 fully saturated rings. The Bertz CT molecular complexity index is 1800. The van der Waals surface area contributed by atoms with Gasteiger partial charge in [0.2, 0.25) is 0 Å². The number of halogens is 3. The van der Waals surface area contributed by atoms with Gasteiger partial charge in [0, 0.05) is 19.2 Å². The SMILES string of the molecule is CC(=C1SC(=O)NC1=O)c1ccc(OCCCn2c(-c3ccc(F)c(F)c3)nc3c(C)nn(C)c3c2=O)c(Cl)c1. The van der Waals surface area contributed by atoms with Crippen molar-refractivity contribution in [1.82, 2.24) is 24.6 Å². The first-order valence-corrected chi connectivity index (χ1v) is 13.3. The van der Waals surface area contributed by atoms with Crippen molar-refractivity contribution < 1.29 is 23.1 Å². The number of carbonyl (C=O) groups excluding carboxylic acids is 2. The highest BCUT2D eigenvalue weighted by molar-refractivity contribution is 8.18. The average Bonchev–Trinajstić information content (AvgIpc) is 3.40. The molecule has 0 unspecified atom stereocenters. The molecular formula is C27H22ClF2N5O4S. The fourth-order valence-corrected chi connectivity index (χ4v) is 5.40. The van der Waals surface area contributed by atoms with Crippen molar-refractivity contribution in [2.75, 3.05) is 6.61 Å². The number of carbonyl (C=O) groups is 2. The molecule has 2 aromatic carbocycles. The van der Waals surface area contributed by atoms with Crippen molar-refractivity contribution in [2.24, 2.45) is 7.05 Å². The molecule has 3 heterocycles. The molecule has 1 aliphatic heterocycles. The Hall–Kier alpha value is -4.03. The number of fused-ring (bicyclic) bond motifs is 1. The highest BCUT2D eigenvalue weighted by atomic mass is 35.5. The first kappa shape index (κ1) is 27.5. The lowest BCUT2D eigenvalue weighted by molar-refractivity contribution is -0.115. The first-order chi connectivity index (χ1) is 19.0. The summed E-state index contributed by atoms with van der Waals surface area (Å²) in [5.41, 5.74) is 2.37. The lowest BCUT2D eigenvalue weighted by atomic mass is 10.1. The number of aromatic nitrogens is 4. The Balaban J connectivity index is 1.37. The van der Waals surface area contributed by atoms with E-state index in [1.807, 2.05) is 0 Å². The number of imide groups is 1. The quantitative estimate of drug-likeness (QED) is 0.234. The van der Waals surface area contributed by atoms with Gasteiger partial charge in [-0.2, -0.15) is 5.10 Å². The van der Waals surface area contributed by atoms with Gasteiger partial charge < -0.3 is 4.74 Å². The minimum Gasteiger partial charge on any atom is -0.492 e. The average molecular weight is 586 g/mol. The maximum atomic E-state index is 14.1. The fourth-order valence-electron chi connectivity index (χ4n) is 4.42. The van der Waals surface area contributed by atoms with Crippen LogP contribution >= 0.6 is 23.4 Å². The van der Waals surface area contributed by atoms with Crippen LogP contribution in [0.2, 0.25) is 5.02 Å². The van der Waals surface area contributed by atoms with E-state index in [1.165, 1.54) is 15.3 Å². The maximum absolute atomic E-state index is 14.1. The van der Waals surface area contributed by atoms with Crippen molar-refractivity contribution in [3.63, 3.8) is 0 Å². The maximum Gasteiger partial charge on any atom is 0.290 e. The van der Waals surface area contributed by atoms with Gasteiger partial charge in [0.1, 0.15) is 17.1 Å². The zero-order chi connectivity index (χ0) is 28.7. The lowest BCUT2D eigenvalue weighted by Crippen LogP contribution is -2.25. The van der Waals surface area contributed by atoms with Crippen molar-refractivity contribution in [2.45, 2.75) is 26.8 Å². The van der Waals surface area contributed by atoms with Gasteiger partial charge in [-0.25, -0.2) is 13.8 Å². The minimum atomic E-state index is -1.05. The molecule has 0 saturated carbocycles. The number of rotatable bonds is 7. The van der Waals surface area contributed by atoms with Crippen LogP contribution in [-0.2, 0) is 18.4 Å². The molecular weight excluding hydrogens is 564 g/mol. The molecule has 1 aliphatic rings. The van der Waals surface area contributed by atoms with E-state index >= 15 is 0 Å². The number of thioether (sulfide) groups is 1. The van der Waals surface area contributed by atoms with Crippen LogP contribution in [0.3, 0.4) is 0 Å². The molecule has 4 aromatic rings. The number of ether oxygens (including phenoxy) is 1. The number of nitrogens with zero attached hydrogens (tertiary/aromatic N) is 4. The zero-order valence-electron chi connectivity index (χ0n) is 21.5. The van der Waals surface area contributed by atoms with E-state index in [1.54, 1.807) is 39.1 Å². The smallest absolute Gasteiger partial charge is 0.290 e. The standard InChI is InChI=1S/C27H22ClF2N5O4S/c1-13(23-25(36)32-27(38)40-23)15-6-8-20(17(28)11-15)39-10-4-9-35-24(16-5-7-18(29)19(30)12-16)31-21-14(2)33-34(3)22(21)26(35)37/h5-8,11-12H,4,9-10H2,1-3H3,(H,32,36,38). The third-order valence-corrected chi connectivity index (χ3v) is 7.67. The molecule has 13 heteroatoms. The van der Waals surface area contributed by atoms with Gasteiger partial charge in [-0.1, -0.05) is 17.7 Å². The van der Waals surface area contributed by atoms with Gasteiger partial charge in [-0.05, 0) is 73.5 Å². The van der Waals surface area contributed by atoms with Crippen LogP contribution in [0.1, 0.15) is 24.6 Å². The Morgan fingerprint density at radius 2 is 1.90 bits per heavy atom. The van der Waals surface area contributed by atoms with Crippen molar-refractivity contribution in [3.8, 4) is 17.1 Å².